The van der Waals surface area contributed by atoms with Crippen molar-refractivity contribution in [2.24, 2.45) is 0 Å². The lowest BCUT2D eigenvalue weighted by Gasteiger charge is -2.19. The van der Waals surface area contributed by atoms with Gasteiger partial charge in [0.15, 0.2) is 0 Å². The number of aliphatic hydroxyl groups excluding tert-OH is 2. The molecule has 0 saturated heterocycles. The van der Waals surface area contributed by atoms with Gasteiger partial charge >= 0.3 is 0 Å². The highest BCUT2D eigenvalue weighted by Crippen LogP contribution is 2.16. The summed E-state index contributed by atoms with van der Waals surface area (Å²) >= 11 is 0. The van der Waals surface area contributed by atoms with Gasteiger partial charge in [-0.15, -0.1) is 0 Å². The molecule has 0 aliphatic rings. The predicted octanol–water partition coefficient (Wildman–Crippen LogP) is 14.6. The molecule has 0 aromatic heterocycles. The van der Waals surface area contributed by atoms with Gasteiger partial charge in [-0.25, -0.2) is 0 Å². The maximum absolute atomic E-state index is 12.4. The summed E-state index contributed by atoms with van der Waals surface area (Å²) in [5, 5.41) is 23.0. The zero-order valence-corrected chi connectivity index (χ0v) is 35.1. The Hall–Kier alpha value is -1.39. The number of hydrogen-bond donors (Lipinski definition) is 3. The average Bonchev–Trinajstić information content (AvgIpc) is 3.15. The molecular formula is C48H91NO3. The third-order valence-electron chi connectivity index (χ3n) is 10.6. The maximum atomic E-state index is 12.4. The average molecular weight is 730 g/mol. The van der Waals surface area contributed by atoms with Crippen LogP contribution in [0.1, 0.15) is 245 Å². The second-order valence-corrected chi connectivity index (χ2v) is 15.8. The molecule has 3 N–H and O–H groups in total. The van der Waals surface area contributed by atoms with E-state index in [1.807, 2.05) is 6.08 Å². The molecule has 2 unspecified atom stereocenters. The van der Waals surface area contributed by atoms with Crippen molar-refractivity contribution in [1.29, 1.82) is 0 Å². The topological polar surface area (TPSA) is 69.6 Å². The first-order chi connectivity index (χ1) is 25.7. The summed E-state index contributed by atoms with van der Waals surface area (Å²) in [5.74, 6) is -0.0746. The van der Waals surface area contributed by atoms with Gasteiger partial charge in [0, 0.05) is 6.42 Å². The van der Waals surface area contributed by atoms with Crippen molar-refractivity contribution in [3.05, 3.63) is 36.5 Å². The van der Waals surface area contributed by atoms with Crippen LogP contribution in [-0.4, -0.2) is 34.9 Å². The summed E-state index contributed by atoms with van der Waals surface area (Å²) in [5.41, 5.74) is 0. The van der Waals surface area contributed by atoms with Crippen LogP contribution in [0.2, 0.25) is 0 Å². The van der Waals surface area contributed by atoms with Crippen molar-refractivity contribution in [3.63, 3.8) is 0 Å². The minimum atomic E-state index is -0.867. The molecule has 0 fully saturated rings. The number of carbonyl (C=O) groups is 1. The standard InChI is InChI=1S/C48H91NO3/c1-3-5-7-9-11-13-15-17-19-21-22-23-24-25-26-28-30-32-34-36-38-40-42-44-48(52)49-46(45-50)47(51)43-41-39-37-35-33-31-29-27-20-18-16-14-12-10-8-6-4-2/h20,27,33,35,41,43,46-47,50-51H,3-19,21-26,28-32,34,36-40,42,44-45H2,1-2H3,(H,49,52)/b27-20+,35-33+,43-41+. The van der Waals surface area contributed by atoms with E-state index in [1.165, 1.54) is 186 Å². The molecule has 0 aliphatic heterocycles. The minimum Gasteiger partial charge on any atom is -0.394 e. The fourth-order valence-electron chi connectivity index (χ4n) is 7.03. The molecule has 0 aromatic rings. The second-order valence-electron chi connectivity index (χ2n) is 15.8. The van der Waals surface area contributed by atoms with Crippen molar-refractivity contribution in [2.45, 2.75) is 257 Å². The van der Waals surface area contributed by atoms with Crippen LogP contribution in [0.4, 0.5) is 0 Å². The Morgan fingerprint density at radius 3 is 1.12 bits per heavy atom. The third-order valence-corrected chi connectivity index (χ3v) is 10.6. The molecule has 0 aromatic carbocycles. The largest absolute Gasteiger partial charge is 0.394 e. The molecule has 4 heteroatoms. The Labute approximate surface area is 325 Å². The van der Waals surface area contributed by atoms with Crippen molar-refractivity contribution in [3.8, 4) is 0 Å². The van der Waals surface area contributed by atoms with Crippen LogP contribution < -0.4 is 5.32 Å². The summed E-state index contributed by atoms with van der Waals surface area (Å²) in [6, 6.07) is -0.642. The van der Waals surface area contributed by atoms with Gasteiger partial charge in [0.1, 0.15) is 0 Å². The number of allylic oxidation sites excluding steroid dienone is 5. The maximum Gasteiger partial charge on any atom is 0.220 e. The molecule has 0 saturated carbocycles. The van der Waals surface area contributed by atoms with E-state index in [0.717, 1.165) is 38.5 Å². The third kappa shape index (κ3) is 39.8. The van der Waals surface area contributed by atoms with E-state index in [4.69, 9.17) is 0 Å². The van der Waals surface area contributed by atoms with Crippen LogP contribution in [0, 0.1) is 0 Å². The van der Waals surface area contributed by atoms with Gasteiger partial charge in [0.2, 0.25) is 5.91 Å². The summed E-state index contributed by atoms with van der Waals surface area (Å²) in [4.78, 5) is 12.4. The van der Waals surface area contributed by atoms with Crippen LogP contribution in [0.15, 0.2) is 36.5 Å². The number of unbranched alkanes of at least 4 members (excludes halogenated alkanes) is 31. The quantitative estimate of drug-likeness (QED) is 0.0433. The van der Waals surface area contributed by atoms with E-state index in [1.54, 1.807) is 6.08 Å². The van der Waals surface area contributed by atoms with Gasteiger partial charge in [-0.1, -0.05) is 230 Å². The highest BCUT2D eigenvalue weighted by molar-refractivity contribution is 5.76. The van der Waals surface area contributed by atoms with Crippen molar-refractivity contribution in [1.82, 2.24) is 5.32 Å². The van der Waals surface area contributed by atoms with Gasteiger partial charge < -0.3 is 15.5 Å². The summed E-state index contributed by atoms with van der Waals surface area (Å²) < 4.78 is 0. The van der Waals surface area contributed by atoms with E-state index in [-0.39, 0.29) is 12.5 Å². The van der Waals surface area contributed by atoms with Crippen molar-refractivity contribution in [2.75, 3.05) is 6.61 Å². The fourth-order valence-corrected chi connectivity index (χ4v) is 7.03. The van der Waals surface area contributed by atoms with Gasteiger partial charge in [0.05, 0.1) is 18.8 Å². The molecular weight excluding hydrogens is 639 g/mol. The molecule has 306 valence electrons. The van der Waals surface area contributed by atoms with Crippen LogP contribution in [0.25, 0.3) is 0 Å². The molecule has 2 atom stereocenters. The zero-order valence-electron chi connectivity index (χ0n) is 35.1. The molecule has 0 aliphatic carbocycles. The van der Waals surface area contributed by atoms with E-state index in [2.05, 4.69) is 43.5 Å². The highest BCUT2D eigenvalue weighted by Gasteiger charge is 2.17. The Kier molecular flexibility index (Phi) is 42.8. The molecule has 0 heterocycles. The molecule has 0 bridgehead atoms. The fraction of sp³-hybridized carbons (Fsp3) is 0.854. The molecule has 4 nitrogen and oxygen atoms in total. The molecule has 1 amide bonds. The predicted molar refractivity (Wildman–Crippen MR) is 230 cm³/mol. The Morgan fingerprint density at radius 1 is 0.442 bits per heavy atom. The lowest BCUT2D eigenvalue weighted by atomic mass is 10.0. The first-order valence-electron chi connectivity index (χ1n) is 23.2. The van der Waals surface area contributed by atoms with Gasteiger partial charge in [-0.05, 0) is 44.9 Å². The van der Waals surface area contributed by atoms with E-state index in [9.17, 15) is 15.0 Å². The number of carbonyl (C=O) groups excluding carboxylic acids is 1. The lowest BCUT2D eigenvalue weighted by molar-refractivity contribution is -0.123. The second kappa shape index (κ2) is 44.0. The van der Waals surface area contributed by atoms with Gasteiger partial charge in [-0.3, -0.25) is 4.79 Å². The SMILES string of the molecule is CCCCCCCCC/C=C/CC/C=C/CC/C=C/C(O)C(CO)NC(=O)CCCCCCCCCCCCCCCCCCCCCCCCC. The number of aliphatic hydroxyl groups is 2. The van der Waals surface area contributed by atoms with Crippen LogP contribution in [0.3, 0.4) is 0 Å². The number of amides is 1. The van der Waals surface area contributed by atoms with Crippen LogP contribution in [-0.2, 0) is 4.79 Å². The van der Waals surface area contributed by atoms with Gasteiger partial charge in [0.25, 0.3) is 0 Å². The monoisotopic (exact) mass is 730 g/mol. The number of nitrogens with one attached hydrogen (secondary N) is 1. The van der Waals surface area contributed by atoms with Crippen molar-refractivity contribution >= 4 is 5.91 Å². The van der Waals surface area contributed by atoms with E-state index >= 15 is 0 Å². The Balaban J connectivity index is 3.56. The molecule has 0 radical (unpaired) electrons. The van der Waals surface area contributed by atoms with E-state index < -0.39 is 12.1 Å². The van der Waals surface area contributed by atoms with Crippen LogP contribution in [0.5, 0.6) is 0 Å². The Bertz CT molecular complexity index is 790. The lowest BCUT2D eigenvalue weighted by Crippen LogP contribution is -2.45. The Morgan fingerprint density at radius 2 is 0.750 bits per heavy atom. The number of rotatable bonds is 42. The summed E-state index contributed by atoms with van der Waals surface area (Å²) in [6.45, 7) is 4.30. The van der Waals surface area contributed by atoms with Crippen LogP contribution >= 0.6 is 0 Å². The van der Waals surface area contributed by atoms with Gasteiger partial charge in [-0.2, -0.15) is 0 Å². The highest BCUT2D eigenvalue weighted by atomic mass is 16.3. The molecule has 0 rings (SSSR count). The first-order valence-corrected chi connectivity index (χ1v) is 23.2. The summed E-state index contributed by atoms with van der Waals surface area (Å²) in [6.07, 6.45) is 58.4. The summed E-state index contributed by atoms with van der Waals surface area (Å²) in [7, 11) is 0. The normalized spacial score (nSPS) is 13.2. The van der Waals surface area contributed by atoms with E-state index in [0.29, 0.717) is 6.42 Å². The smallest absolute Gasteiger partial charge is 0.220 e. The minimum absolute atomic E-state index is 0.0746. The molecule has 0 spiro atoms. The number of hydrogen-bond acceptors (Lipinski definition) is 3. The zero-order chi connectivity index (χ0) is 37.8. The van der Waals surface area contributed by atoms with Crippen molar-refractivity contribution < 1.29 is 15.0 Å². The first kappa shape index (κ1) is 50.6. The molecule has 52 heavy (non-hydrogen) atoms.